The van der Waals surface area contributed by atoms with Crippen molar-refractivity contribution in [3.05, 3.63) is 111 Å². The maximum Gasteiger partial charge on any atom is 0.268 e. The summed E-state index contributed by atoms with van der Waals surface area (Å²) >= 11 is 9.72. The summed E-state index contributed by atoms with van der Waals surface area (Å²) in [6.45, 7) is 11.1. The summed E-state index contributed by atoms with van der Waals surface area (Å²) in [6.07, 6.45) is 8.27. The van der Waals surface area contributed by atoms with E-state index in [9.17, 15) is 13.2 Å². The van der Waals surface area contributed by atoms with Crippen molar-refractivity contribution >= 4 is 71.4 Å². The van der Waals surface area contributed by atoms with Crippen LogP contribution in [-0.2, 0) is 14.8 Å². The molecule has 1 amide bonds. The average molecular weight is 902 g/mol. The number of hydrogen-bond acceptors (Lipinski definition) is 9. The van der Waals surface area contributed by atoms with Gasteiger partial charge in [-0.3, -0.25) is 9.69 Å². The van der Waals surface area contributed by atoms with E-state index in [-0.39, 0.29) is 21.6 Å². The normalized spacial score (nSPS) is 17.9. The molecule has 3 N–H and O–H groups in total. The summed E-state index contributed by atoms with van der Waals surface area (Å²) in [5, 5.41) is 4.89. The molecule has 0 radical (unpaired) electrons. The van der Waals surface area contributed by atoms with Gasteiger partial charge in [0.15, 0.2) is 0 Å². The van der Waals surface area contributed by atoms with Gasteiger partial charge in [0.1, 0.15) is 22.2 Å². The first-order valence-corrected chi connectivity index (χ1v) is 22.9. The Kier molecular flexibility index (Phi) is 12.4. The fourth-order valence-electron chi connectivity index (χ4n) is 8.27. The van der Waals surface area contributed by atoms with Crippen LogP contribution in [0.1, 0.15) is 61.9 Å². The van der Waals surface area contributed by atoms with Crippen molar-refractivity contribution in [3.63, 3.8) is 0 Å². The lowest BCUT2D eigenvalue weighted by Crippen LogP contribution is -2.47. The van der Waals surface area contributed by atoms with Gasteiger partial charge in [0, 0.05) is 92.6 Å². The number of fused-ring (bicyclic) bond motifs is 1. The molecule has 8 rings (SSSR count). The topological polar surface area (TPSA) is 129 Å². The first-order valence-electron chi connectivity index (χ1n) is 20.3. The number of nitrogens with zero attached hydrogens (tertiary/aromatic N) is 3. The molecule has 310 valence electrons. The molecule has 5 aromatic rings. The second kappa shape index (κ2) is 17.7. The zero-order valence-electron chi connectivity index (χ0n) is 33.4. The number of pyridine rings is 1. The summed E-state index contributed by atoms with van der Waals surface area (Å²) in [5.74, 6) is 0.964. The Morgan fingerprint density at radius 2 is 1.80 bits per heavy atom. The predicted molar refractivity (Wildman–Crippen MR) is 238 cm³/mol. The number of sulfonamides is 1. The molecule has 0 bridgehead atoms. The molecule has 0 saturated carbocycles. The van der Waals surface area contributed by atoms with E-state index in [1.807, 2.05) is 54.7 Å². The van der Waals surface area contributed by atoms with Gasteiger partial charge in [-0.1, -0.05) is 49.2 Å². The maximum absolute atomic E-state index is 13.9. The zero-order valence-corrected chi connectivity index (χ0v) is 36.6. The summed E-state index contributed by atoms with van der Waals surface area (Å²) in [5.41, 5.74) is 6.30. The molecule has 0 spiro atoms. The van der Waals surface area contributed by atoms with E-state index < -0.39 is 15.9 Å². The van der Waals surface area contributed by atoms with Crippen LogP contribution in [0.3, 0.4) is 0 Å². The molecule has 4 heterocycles. The Morgan fingerprint density at radius 1 is 1.02 bits per heavy atom. The van der Waals surface area contributed by atoms with Gasteiger partial charge < -0.3 is 24.7 Å². The number of hydrogen-bond donors (Lipinski definition) is 3. The molecular formula is C45H50BrClN6O5S. The third-order valence-corrected chi connectivity index (χ3v) is 13.9. The lowest BCUT2D eigenvalue weighted by atomic mass is 9.72. The molecule has 2 aliphatic heterocycles. The Hall–Kier alpha value is -4.40. The lowest BCUT2D eigenvalue weighted by Gasteiger charge is -2.39. The lowest BCUT2D eigenvalue weighted by molar-refractivity contribution is 0.0699. The number of piperazine rings is 1. The van der Waals surface area contributed by atoms with E-state index in [0.717, 1.165) is 99.7 Å². The van der Waals surface area contributed by atoms with Gasteiger partial charge in [-0.2, -0.15) is 0 Å². The van der Waals surface area contributed by atoms with E-state index in [1.165, 1.54) is 29.0 Å². The number of ether oxygens (including phenoxy) is 2. The minimum atomic E-state index is -4.30. The number of allylic oxidation sites excluding steroid dienone is 1. The predicted octanol–water partition coefficient (Wildman–Crippen LogP) is 9.51. The molecule has 59 heavy (non-hydrogen) atoms. The van der Waals surface area contributed by atoms with Crippen LogP contribution in [0.4, 0.5) is 11.5 Å². The van der Waals surface area contributed by atoms with Gasteiger partial charge >= 0.3 is 0 Å². The van der Waals surface area contributed by atoms with Crippen LogP contribution in [0.2, 0.25) is 5.02 Å². The minimum absolute atomic E-state index is 0.0900. The van der Waals surface area contributed by atoms with E-state index in [2.05, 4.69) is 71.7 Å². The molecule has 0 atom stereocenters. The first kappa shape index (κ1) is 41.3. The number of H-pyrrole nitrogens is 1. The summed E-state index contributed by atoms with van der Waals surface area (Å²) in [6, 6.07) is 22.6. The van der Waals surface area contributed by atoms with Crippen molar-refractivity contribution in [2.45, 2.75) is 50.8 Å². The summed E-state index contributed by atoms with van der Waals surface area (Å²) < 4.78 is 42.0. The number of aromatic nitrogens is 2. The number of carbonyl (C=O) groups excluding carboxylic acids is 1. The van der Waals surface area contributed by atoms with Crippen molar-refractivity contribution < 1.29 is 22.7 Å². The van der Waals surface area contributed by atoms with Gasteiger partial charge in [-0.25, -0.2) is 18.1 Å². The largest absolute Gasteiger partial charge is 0.456 e. The molecular weight excluding hydrogens is 852 g/mol. The number of halogens is 2. The molecule has 2 aromatic heterocycles. The van der Waals surface area contributed by atoms with Gasteiger partial charge in [-0.15, -0.1) is 0 Å². The Balaban J connectivity index is 0.993. The van der Waals surface area contributed by atoms with Crippen LogP contribution in [0.25, 0.3) is 16.5 Å². The summed E-state index contributed by atoms with van der Waals surface area (Å²) in [7, 11) is -4.30. The van der Waals surface area contributed by atoms with Gasteiger partial charge in [-0.05, 0) is 119 Å². The van der Waals surface area contributed by atoms with Crippen LogP contribution >= 0.6 is 27.5 Å². The van der Waals surface area contributed by atoms with Crippen molar-refractivity contribution in [1.82, 2.24) is 19.6 Å². The van der Waals surface area contributed by atoms with Crippen molar-refractivity contribution in [1.29, 1.82) is 0 Å². The fourth-order valence-corrected chi connectivity index (χ4v) is 9.97. The minimum Gasteiger partial charge on any atom is -0.456 e. The van der Waals surface area contributed by atoms with E-state index in [4.69, 9.17) is 21.1 Å². The molecule has 2 fully saturated rings. The highest BCUT2D eigenvalue weighted by Crippen LogP contribution is 2.43. The highest BCUT2D eigenvalue weighted by molar-refractivity contribution is 9.10. The number of benzene rings is 3. The maximum atomic E-state index is 13.9. The SMILES string of the molecule is CC1(C)CCC(CN2CCN(c3ccc(C(=O)NS(=O)(=O)c4cnc(NCC5CCOCC5)c(Br)c4)c(Oc4cccc5[nH]ccc45)c3)CC2)=C(c2ccc(Cl)cc2)C1. The quantitative estimate of drug-likeness (QED) is 0.112. The zero-order chi connectivity index (χ0) is 41.1. The fraction of sp³-hybridized carbons (Fsp3) is 0.378. The standard InChI is InChI=1S/C45H50BrClN6O5S/c1-45(2)16-12-32(38(26-45)31-6-8-33(47)9-7-31)29-52-18-20-53(21-19-52)34-10-11-37(42(24-34)58-41-5-3-4-40-36(41)13-17-48-40)44(54)51-59(55,56)35-25-39(46)43(50-28-35)49-27-30-14-22-57-23-15-30/h3-11,13,17,24-25,28,30,48H,12,14-16,18-23,26-27,29H2,1-2H3,(H,49,50)(H,51,54). The Labute approximate surface area is 359 Å². The monoisotopic (exact) mass is 900 g/mol. The van der Waals surface area contributed by atoms with Crippen molar-refractivity contribution in [2.75, 3.05) is 62.7 Å². The molecule has 3 aliphatic rings. The van der Waals surface area contributed by atoms with Crippen LogP contribution in [0, 0.1) is 11.3 Å². The van der Waals surface area contributed by atoms with Gasteiger partial charge in [0.2, 0.25) is 0 Å². The van der Waals surface area contributed by atoms with Crippen LogP contribution < -0.4 is 19.7 Å². The smallest absolute Gasteiger partial charge is 0.268 e. The molecule has 11 nitrogen and oxygen atoms in total. The number of carbonyl (C=O) groups is 1. The third kappa shape index (κ3) is 9.81. The average Bonchev–Trinajstić information content (AvgIpc) is 3.72. The highest BCUT2D eigenvalue weighted by atomic mass is 79.9. The summed E-state index contributed by atoms with van der Waals surface area (Å²) in [4.78, 5) is 26.2. The second-order valence-corrected chi connectivity index (χ2v) is 19.5. The molecule has 2 saturated heterocycles. The van der Waals surface area contributed by atoms with E-state index in [0.29, 0.717) is 28.5 Å². The Bertz CT molecular complexity index is 2460. The van der Waals surface area contributed by atoms with Crippen molar-refractivity contribution in [2.24, 2.45) is 11.3 Å². The first-order chi connectivity index (χ1) is 28.4. The third-order valence-electron chi connectivity index (χ3n) is 11.8. The number of amides is 1. The van der Waals surface area contributed by atoms with Crippen LogP contribution in [0.5, 0.6) is 11.5 Å². The highest BCUT2D eigenvalue weighted by Gasteiger charge is 2.30. The van der Waals surface area contributed by atoms with Gasteiger partial charge in [0.05, 0.1) is 10.0 Å². The number of rotatable bonds is 12. The van der Waals surface area contributed by atoms with Crippen LogP contribution in [-0.4, -0.2) is 81.7 Å². The molecule has 14 heteroatoms. The van der Waals surface area contributed by atoms with E-state index >= 15 is 0 Å². The Morgan fingerprint density at radius 3 is 2.56 bits per heavy atom. The van der Waals surface area contributed by atoms with E-state index in [1.54, 1.807) is 6.07 Å². The second-order valence-electron chi connectivity index (χ2n) is 16.5. The molecule has 1 aliphatic carbocycles. The molecule has 3 aromatic carbocycles. The number of nitrogens with one attached hydrogen (secondary N) is 3. The number of aromatic amines is 1. The van der Waals surface area contributed by atoms with Gasteiger partial charge in [0.25, 0.3) is 15.9 Å². The number of anilines is 2. The van der Waals surface area contributed by atoms with Crippen LogP contribution in [0.15, 0.2) is 100 Å². The molecule has 0 unspecified atom stereocenters. The van der Waals surface area contributed by atoms with Crippen molar-refractivity contribution in [3.8, 4) is 11.5 Å².